The Morgan fingerprint density at radius 2 is 2.47 bits per heavy atom. The SMILES string of the molecule is CC(=O)NCCSC1=NOC(C(C)C)C1. The van der Waals surface area contributed by atoms with Gasteiger partial charge in [-0.1, -0.05) is 19.0 Å². The third kappa shape index (κ3) is 4.55. The fraction of sp³-hybridized carbons (Fsp3) is 0.800. The zero-order chi connectivity index (χ0) is 11.3. The predicted octanol–water partition coefficient (Wildman–Crippen LogP) is 1.61. The number of oxime groups is 1. The van der Waals surface area contributed by atoms with Crippen LogP contribution in [0.2, 0.25) is 0 Å². The number of nitrogens with one attached hydrogen (secondary N) is 1. The van der Waals surface area contributed by atoms with Crippen LogP contribution in [0.5, 0.6) is 0 Å². The standard InChI is InChI=1S/C10H18N2O2S/c1-7(2)9-6-10(12-14-9)15-5-4-11-8(3)13/h7,9H,4-6H2,1-3H3,(H,11,13). The summed E-state index contributed by atoms with van der Waals surface area (Å²) in [5.41, 5.74) is 0. The lowest BCUT2D eigenvalue weighted by atomic mass is 10.1. The molecule has 0 fully saturated rings. The topological polar surface area (TPSA) is 50.7 Å². The summed E-state index contributed by atoms with van der Waals surface area (Å²) in [5.74, 6) is 1.37. The molecule has 0 bridgehead atoms. The lowest BCUT2D eigenvalue weighted by Gasteiger charge is -2.10. The number of carbonyl (C=O) groups is 1. The highest BCUT2D eigenvalue weighted by Gasteiger charge is 2.23. The average molecular weight is 230 g/mol. The van der Waals surface area contributed by atoms with Crippen molar-refractivity contribution in [2.24, 2.45) is 11.1 Å². The van der Waals surface area contributed by atoms with Crippen molar-refractivity contribution in [1.82, 2.24) is 5.32 Å². The summed E-state index contributed by atoms with van der Waals surface area (Å²) in [4.78, 5) is 15.9. The molecule has 1 aliphatic heterocycles. The first kappa shape index (κ1) is 12.4. The van der Waals surface area contributed by atoms with Crippen molar-refractivity contribution in [2.75, 3.05) is 12.3 Å². The maximum atomic E-state index is 10.6. The minimum Gasteiger partial charge on any atom is -0.391 e. The Labute approximate surface area is 94.8 Å². The van der Waals surface area contributed by atoms with Gasteiger partial charge in [0, 0.05) is 25.6 Å². The smallest absolute Gasteiger partial charge is 0.216 e. The zero-order valence-corrected chi connectivity index (χ0v) is 10.3. The Balaban J connectivity index is 2.11. The molecule has 15 heavy (non-hydrogen) atoms. The van der Waals surface area contributed by atoms with Gasteiger partial charge in [0.1, 0.15) is 11.1 Å². The maximum absolute atomic E-state index is 10.6. The highest BCUT2D eigenvalue weighted by Crippen LogP contribution is 2.23. The van der Waals surface area contributed by atoms with Crippen molar-refractivity contribution in [2.45, 2.75) is 33.3 Å². The van der Waals surface area contributed by atoms with Crippen LogP contribution in [-0.4, -0.2) is 29.4 Å². The van der Waals surface area contributed by atoms with Crippen molar-refractivity contribution >= 4 is 22.7 Å². The molecular weight excluding hydrogens is 212 g/mol. The Morgan fingerprint density at radius 3 is 3.00 bits per heavy atom. The molecule has 4 nitrogen and oxygen atoms in total. The van der Waals surface area contributed by atoms with Crippen LogP contribution in [0.25, 0.3) is 0 Å². The molecule has 0 aromatic rings. The van der Waals surface area contributed by atoms with E-state index in [0.717, 1.165) is 17.2 Å². The number of thioether (sulfide) groups is 1. The van der Waals surface area contributed by atoms with E-state index in [-0.39, 0.29) is 12.0 Å². The first-order chi connectivity index (χ1) is 7.09. The summed E-state index contributed by atoms with van der Waals surface area (Å²) in [6.07, 6.45) is 1.14. The second kappa shape index (κ2) is 6.00. The summed E-state index contributed by atoms with van der Waals surface area (Å²) in [6.45, 7) is 6.47. The van der Waals surface area contributed by atoms with Gasteiger partial charge in [-0.3, -0.25) is 4.79 Å². The minimum atomic E-state index is 0.0141. The van der Waals surface area contributed by atoms with E-state index in [0.29, 0.717) is 12.5 Å². The number of amides is 1. The van der Waals surface area contributed by atoms with Crippen LogP contribution < -0.4 is 5.32 Å². The van der Waals surface area contributed by atoms with Gasteiger partial charge in [-0.15, -0.1) is 11.8 Å². The van der Waals surface area contributed by atoms with Gasteiger partial charge in [0.05, 0.1) is 0 Å². The van der Waals surface area contributed by atoms with Gasteiger partial charge in [0.15, 0.2) is 0 Å². The number of nitrogens with zero attached hydrogens (tertiary/aromatic N) is 1. The van der Waals surface area contributed by atoms with Crippen LogP contribution in [-0.2, 0) is 9.63 Å². The van der Waals surface area contributed by atoms with Crippen LogP contribution in [0.4, 0.5) is 0 Å². The van der Waals surface area contributed by atoms with Crippen LogP contribution >= 0.6 is 11.8 Å². The van der Waals surface area contributed by atoms with E-state index in [9.17, 15) is 4.79 Å². The predicted molar refractivity (Wildman–Crippen MR) is 62.9 cm³/mol. The lowest BCUT2D eigenvalue weighted by molar-refractivity contribution is -0.118. The summed E-state index contributed by atoms with van der Waals surface area (Å²) < 4.78 is 0. The maximum Gasteiger partial charge on any atom is 0.216 e. The molecule has 0 saturated carbocycles. The molecule has 0 spiro atoms. The van der Waals surface area contributed by atoms with E-state index < -0.39 is 0 Å². The van der Waals surface area contributed by atoms with Gasteiger partial charge in [0.25, 0.3) is 0 Å². The normalized spacial score (nSPS) is 20.0. The third-order valence-electron chi connectivity index (χ3n) is 2.15. The van der Waals surface area contributed by atoms with Crippen molar-refractivity contribution in [1.29, 1.82) is 0 Å². The van der Waals surface area contributed by atoms with Gasteiger partial charge in [-0.2, -0.15) is 0 Å². The second-order valence-electron chi connectivity index (χ2n) is 3.91. The van der Waals surface area contributed by atoms with Gasteiger partial charge in [-0.05, 0) is 5.92 Å². The molecule has 0 saturated heterocycles. The molecule has 1 aliphatic rings. The fourth-order valence-corrected chi connectivity index (χ4v) is 2.03. The molecule has 1 heterocycles. The van der Waals surface area contributed by atoms with Crippen LogP contribution in [0.3, 0.4) is 0 Å². The quantitative estimate of drug-likeness (QED) is 0.747. The van der Waals surface area contributed by atoms with Crippen LogP contribution in [0, 0.1) is 5.92 Å². The molecule has 0 aliphatic carbocycles. The summed E-state index contributed by atoms with van der Waals surface area (Å²) in [6, 6.07) is 0. The van der Waals surface area contributed by atoms with E-state index in [1.165, 1.54) is 6.92 Å². The van der Waals surface area contributed by atoms with Crippen molar-refractivity contribution in [3.63, 3.8) is 0 Å². The molecule has 1 unspecified atom stereocenters. The van der Waals surface area contributed by atoms with Crippen LogP contribution in [0.1, 0.15) is 27.2 Å². The largest absolute Gasteiger partial charge is 0.391 e. The Morgan fingerprint density at radius 1 is 1.73 bits per heavy atom. The number of rotatable bonds is 4. The molecule has 1 rings (SSSR count). The number of hydrogen-bond acceptors (Lipinski definition) is 4. The summed E-state index contributed by atoms with van der Waals surface area (Å²) in [7, 11) is 0. The molecule has 0 aromatic carbocycles. The van der Waals surface area contributed by atoms with E-state index in [2.05, 4.69) is 24.3 Å². The molecule has 5 heteroatoms. The average Bonchev–Trinajstić information content (AvgIpc) is 2.60. The minimum absolute atomic E-state index is 0.0141. The highest BCUT2D eigenvalue weighted by molar-refractivity contribution is 8.13. The van der Waals surface area contributed by atoms with E-state index in [4.69, 9.17) is 4.84 Å². The lowest BCUT2D eigenvalue weighted by Crippen LogP contribution is -2.22. The van der Waals surface area contributed by atoms with Gasteiger partial charge in [0.2, 0.25) is 5.91 Å². The third-order valence-corrected chi connectivity index (χ3v) is 3.14. The molecule has 0 radical (unpaired) electrons. The Hall–Kier alpha value is -0.710. The number of carbonyl (C=O) groups excluding carboxylic acids is 1. The molecule has 1 N–H and O–H groups in total. The first-order valence-corrected chi connectivity index (χ1v) is 6.18. The zero-order valence-electron chi connectivity index (χ0n) is 9.45. The van der Waals surface area contributed by atoms with E-state index in [1.54, 1.807) is 11.8 Å². The van der Waals surface area contributed by atoms with Gasteiger partial charge < -0.3 is 10.2 Å². The van der Waals surface area contributed by atoms with Crippen molar-refractivity contribution in [3.05, 3.63) is 0 Å². The Bertz CT molecular complexity index is 254. The van der Waals surface area contributed by atoms with E-state index >= 15 is 0 Å². The molecule has 86 valence electrons. The first-order valence-electron chi connectivity index (χ1n) is 5.19. The molecule has 1 amide bonds. The summed E-state index contributed by atoms with van der Waals surface area (Å²) >= 11 is 1.66. The highest BCUT2D eigenvalue weighted by atomic mass is 32.2. The van der Waals surface area contributed by atoms with Gasteiger partial charge >= 0.3 is 0 Å². The van der Waals surface area contributed by atoms with Gasteiger partial charge in [-0.25, -0.2) is 0 Å². The number of hydrogen-bond donors (Lipinski definition) is 1. The van der Waals surface area contributed by atoms with E-state index in [1.807, 2.05) is 0 Å². The molecule has 0 aromatic heterocycles. The van der Waals surface area contributed by atoms with Crippen molar-refractivity contribution in [3.8, 4) is 0 Å². The monoisotopic (exact) mass is 230 g/mol. The summed E-state index contributed by atoms with van der Waals surface area (Å²) in [5, 5.41) is 7.81. The molecular formula is C10H18N2O2S. The molecule has 1 atom stereocenters. The van der Waals surface area contributed by atoms with Crippen molar-refractivity contribution < 1.29 is 9.63 Å². The fourth-order valence-electron chi connectivity index (χ4n) is 1.21. The Kier molecular flexibility index (Phi) is 4.94. The van der Waals surface area contributed by atoms with Crippen LogP contribution in [0.15, 0.2) is 5.16 Å². The second-order valence-corrected chi connectivity index (χ2v) is 5.08.